The third kappa shape index (κ3) is 2.12. The van der Waals surface area contributed by atoms with Crippen molar-refractivity contribution >= 4 is 21.8 Å². The Morgan fingerprint density at radius 2 is 1.87 bits per heavy atom. The van der Waals surface area contributed by atoms with Gasteiger partial charge in [0.1, 0.15) is 5.52 Å². The van der Waals surface area contributed by atoms with Crippen LogP contribution in [0.1, 0.15) is 11.3 Å². The SMILES string of the molecule is Cc1nn(C)c2c(=O)n(Cc3cccc4ccccc34)cnc12. The minimum Gasteiger partial charge on any atom is -0.293 e. The molecule has 4 rings (SSSR count). The molecule has 0 aliphatic rings. The Kier molecular flexibility index (Phi) is 3.01. The molecule has 0 aliphatic heterocycles. The molecule has 0 atom stereocenters. The Balaban J connectivity index is 1.88. The third-order valence-corrected chi connectivity index (χ3v) is 4.20. The standard InChI is InChI=1S/C18H16N4O/c1-12-16-17(21(2)20-12)18(23)22(11-19-16)10-14-8-5-7-13-6-3-4-9-15(13)14/h3-9,11H,10H2,1-2H3. The van der Waals surface area contributed by atoms with Crippen molar-refractivity contribution in [2.75, 3.05) is 0 Å². The molecule has 2 heterocycles. The van der Waals surface area contributed by atoms with Crippen LogP contribution in [0.2, 0.25) is 0 Å². The van der Waals surface area contributed by atoms with E-state index < -0.39 is 0 Å². The van der Waals surface area contributed by atoms with Crippen LogP contribution in [-0.4, -0.2) is 19.3 Å². The van der Waals surface area contributed by atoms with Gasteiger partial charge in [0.25, 0.3) is 5.56 Å². The second kappa shape index (κ2) is 5.05. The van der Waals surface area contributed by atoms with Crippen LogP contribution in [0.4, 0.5) is 0 Å². The molecule has 0 saturated heterocycles. The quantitative estimate of drug-likeness (QED) is 0.572. The van der Waals surface area contributed by atoms with E-state index in [1.54, 1.807) is 22.6 Å². The summed E-state index contributed by atoms with van der Waals surface area (Å²) >= 11 is 0. The van der Waals surface area contributed by atoms with Crippen LogP contribution in [0.15, 0.2) is 53.6 Å². The molecule has 0 N–H and O–H groups in total. The zero-order valence-electron chi connectivity index (χ0n) is 13.0. The molecule has 0 spiro atoms. The van der Waals surface area contributed by atoms with Crippen LogP contribution < -0.4 is 5.56 Å². The Bertz CT molecular complexity index is 1090. The molecule has 4 aromatic rings. The Morgan fingerprint density at radius 3 is 2.74 bits per heavy atom. The first-order chi connectivity index (χ1) is 11.1. The minimum absolute atomic E-state index is 0.0639. The number of fused-ring (bicyclic) bond motifs is 2. The molecule has 0 aliphatic carbocycles. The summed E-state index contributed by atoms with van der Waals surface area (Å²) in [6, 6.07) is 14.3. The summed E-state index contributed by atoms with van der Waals surface area (Å²) in [6.45, 7) is 2.36. The average molecular weight is 304 g/mol. The van der Waals surface area contributed by atoms with Crippen molar-refractivity contribution in [2.45, 2.75) is 13.5 Å². The average Bonchev–Trinajstić information content (AvgIpc) is 2.85. The van der Waals surface area contributed by atoms with E-state index in [-0.39, 0.29) is 5.56 Å². The zero-order chi connectivity index (χ0) is 16.0. The summed E-state index contributed by atoms with van der Waals surface area (Å²) in [5.74, 6) is 0. The van der Waals surface area contributed by atoms with Crippen molar-refractivity contribution in [3.63, 3.8) is 0 Å². The highest BCUT2D eigenvalue weighted by Crippen LogP contribution is 2.19. The largest absolute Gasteiger partial charge is 0.293 e. The van der Waals surface area contributed by atoms with Gasteiger partial charge in [0.2, 0.25) is 0 Å². The van der Waals surface area contributed by atoms with E-state index in [1.165, 1.54) is 5.39 Å². The van der Waals surface area contributed by atoms with E-state index in [9.17, 15) is 4.79 Å². The first kappa shape index (κ1) is 13.7. The molecule has 0 saturated carbocycles. The van der Waals surface area contributed by atoms with Gasteiger partial charge in [-0.15, -0.1) is 0 Å². The monoisotopic (exact) mass is 304 g/mol. The zero-order valence-corrected chi connectivity index (χ0v) is 13.0. The molecule has 2 aromatic carbocycles. The number of rotatable bonds is 2. The van der Waals surface area contributed by atoms with Crippen LogP contribution >= 0.6 is 0 Å². The molecule has 0 radical (unpaired) electrons. The minimum atomic E-state index is -0.0639. The molecule has 0 fully saturated rings. The highest BCUT2D eigenvalue weighted by atomic mass is 16.1. The van der Waals surface area contributed by atoms with Gasteiger partial charge in [-0.05, 0) is 23.3 Å². The smallest absolute Gasteiger partial charge is 0.279 e. The Morgan fingerprint density at radius 1 is 1.09 bits per heavy atom. The molecular weight excluding hydrogens is 288 g/mol. The summed E-state index contributed by atoms with van der Waals surface area (Å²) in [7, 11) is 1.78. The molecule has 0 amide bonds. The molecule has 114 valence electrons. The van der Waals surface area contributed by atoms with Gasteiger partial charge in [-0.1, -0.05) is 42.5 Å². The van der Waals surface area contributed by atoms with Crippen molar-refractivity contribution in [2.24, 2.45) is 7.05 Å². The predicted octanol–water partition coefficient (Wildman–Crippen LogP) is 2.64. The van der Waals surface area contributed by atoms with Gasteiger partial charge in [-0.3, -0.25) is 14.0 Å². The summed E-state index contributed by atoms with van der Waals surface area (Å²) in [5, 5.41) is 6.62. The molecule has 5 nitrogen and oxygen atoms in total. The number of benzene rings is 2. The molecule has 2 aromatic heterocycles. The van der Waals surface area contributed by atoms with Crippen molar-refractivity contribution in [3.8, 4) is 0 Å². The van der Waals surface area contributed by atoms with Gasteiger partial charge in [0, 0.05) is 7.05 Å². The lowest BCUT2D eigenvalue weighted by Gasteiger charge is -2.09. The van der Waals surface area contributed by atoms with Crippen LogP contribution in [0.25, 0.3) is 21.8 Å². The number of nitrogens with zero attached hydrogens (tertiary/aromatic N) is 4. The van der Waals surface area contributed by atoms with E-state index in [4.69, 9.17) is 0 Å². The molecule has 0 unspecified atom stereocenters. The van der Waals surface area contributed by atoms with Gasteiger partial charge in [-0.2, -0.15) is 5.10 Å². The first-order valence-corrected chi connectivity index (χ1v) is 7.50. The predicted molar refractivity (Wildman–Crippen MR) is 90.6 cm³/mol. The maximum Gasteiger partial charge on any atom is 0.279 e. The van der Waals surface area contributed by atoms with Crippen molar-refractivity contribution < 1.29 is 0 Å². The van der Waals surface area contributed by atoms with Gasteiger partial charge in [0.15, 0.2) is 5.52 Å². The van der Waals surface area contributed by atoms with E-state index >= 15 is 0 Å². The van der Waals surface area contributed by atoms with Crippen LogP contribution in [0, 0.1) is 6.92 Å². The highest BCUT2D eigenvalue weighted by molar-refractivity contribution is 5.85. The molecule has 5 heteroatoms. The molecule has 0 bridgehead atoms. The van der Waals surface area contributed by atoms with Gasteiger partial charge >= 0.3 is 0 Å². The number of aryl methyl sites for hydroxylation is 2. The van der Waals surface area contributed by atoms with E-state index in [0.717, 1.165) is 16.6 Å². The summed E-state index contributed by atoms with van der Waals surface area (Å²) in [4.78, 5) is 17.2. The second-order valence-electron chi connectivity index (χ2n) is 5.72. The van der Waals surface area contributed by atoms with E-state index in [1.807, 2.05) is 31.2 Å². The Hall–Kier alpha value is -2.95. The van der Waals surface area contributed by atoms with E-state index in [0.29, 0.717) is 17.6 Å². The van der Waals surface area contributed by atoms with Gasteiger partial charge in [0.05, 0.1) is 18.6 Å². The Labute approximate surface area is 132 Å². The fourth-order valence-corrected chi connectivity index (χ4v) is 3.08. The van der Waals surface area contributed by atoms with Gasteiger partial charge in [-0.25, -0.2) is 4.98 Å². The van der Waals surface area contributed by atoms with Crippen LogP contribution in [0.3, 0.4) is 0 Å². The van der Waals surface area contributed by atoms with Crippen LogP contribution in [-0.2, 0) is 13.6 Å². The van der Waals surface area contributed by atoms with Crippen LogP contribution in [0.5, 0.6) is 0 Å². The van der Waals surface area contributed by atoms with E-state index in [2.05, 4.69) is 28.3 Å². The second-order valence-corrected chi connectivity index (χ2v) is 5.72. The lowest BCUT2D eigenvalue weighted by atomic mass is 10.0. The number of hydrogen-bond donors (Lipinski definition) is 0. The maximum absolute atomic E-state index is 12.8. The number of hydrogen-bond acceptors (Lipinski definition) is 3. The van der Waals surface area contributed by atoms with Crippen molar-refractivity contribution in [1.29, 1.82) is 0 Å². The van der Waals surface area contributed by atoms with Crippen molar-refractivity contribution in [3.05, 3.63) is 70.4 Å². The molecular formula is C18H16N4O. The lowest BCUT2D eigenvalue weighted by molar-refractivity contribution is 0.731. The highest BCUT2D eigenvalue weighted by Gasteiger charge is 2.12. The first-order valence-electron chi connectivity index (χ1n) is 7.50. The normalized spacial score (nSPS) is 11.4. The molecule has 23 heavy (non-hydrogen) atoms. The topological polar surface area (TPSA) is 52.7 Å². The fraction of sp³-hybridized carbons (Fsp3) is 0.167. The summed E-state index contributed by atoms with van der Waals surface area (Å²) in [5.41, 5.74) is 3.03. The summed E-state index contributed by atoms with van der Waals surface area (Å²) < 4.78 is 3.25. The third-order valence-electron chi connectivity index (χ3n) is 4.20. The van der Waals surface area contributed by atoms with Crippen molar-refractivity contribution in [1.82, 2.24) is 19.3 Å². The lowest BCUT2D eigenvalue weighted by Crippen LogP contribution is -2.22. The summed E-state index contributed by atoms with van der Waals surface area (Å²) in [6.07, 6.45) is 1.61. The fourth-order valence-electron chi connectivity index (χ4n) is 3.08. The maximum atomic E-state index is 12.8. The van der Waals surface area contributed by atoms with Gasteiger partial charge < -0.3 is 0 Å². The number of aromatic nitrogens is 4.